The molecule has 2 aliphatic heterocycles. The number of fused-ring (bicyclic) bond motifs is 2. The zero-order valence-electron chi connectivity index (χ0n) is 17.8. The van der Waals surface area contributed by atoms with E-state index in [2.05, 4.69) is 59.8 Å². The van der Waals surface area contributed by atoms with Gasteiger partial charge in [0.2, 0.25) is 0 Å². The monoisotopic (exact) mass is 402 g/mol. The number of anilines is 1. The number of rotatable bonds is 3. The first-order chi connectivity index (χ1) is 14.6. The number of piperidine rings is 1. The molecule has 1 fully saturated rings. The molecule has 156 valence electrons. The molecule has 0 spiro atoms. The number of likely N-dealkylation sites (tertiary alicyclic amines) is 1. The molecule has 1 saturated heterocycles. The lowest BCUT2D eigenvalue weighted by Crippen LogP contribution is -2.35. The smallest absolute Gasteiger partial charge is 0.143 e. The molecule has 2 N–H and O–H groups in total. The highest BCUT2D eigenvalue weighted by Gasteiger charge is 2.32. The van der Waals surface area contributed by atoms with Crippen LogP contribution in [0.1, 0.15) is 41.6 Å². The van der Waals surface area contributed by atoms with Crippen molar-refractivity contribution in [1.29, 1.82) is 0 Å². The molecule has 5 nitrogen and oxygen atoms in total. The summed E-state index contributed by atoms with van der Waals surface area (Å²) in [4.78, 5) is 7.54. The first-order valence-electron chi connectivity index (χ1n) is 10.9. The van der Waals surface area contributed by atoms with E-state index in [1.54, 1.807) is 0 Å². The summed E-state index contributed by atoms with van der Waals surface area (Å²) in [6.07, 6.45) is 3.27. The van der Waals surface area contributed by atoms with Gasteiger partial charge < -0.3 is 19.9 Å². The number of hydrogen-bond acceptors (Lipinski definition) is 4. The molecule has 0 amide bonds. The van der Waals surface area contributed by atoms with Crippen LogP contribution < -0.4 is 5.73 Å². The van der Waals surface area contributed by atoms with E-state index in [0.29, 0.717) is 0 Å². The fraction of sp³-hybridized carbons (Fsp3) is 0.400. The van der Waals surface area contributed by atoms with Gasteiger partial charge in [-0.25, -0.2) is 4.98 Å². The van der Waals surface area contributed by atoms with E-state index >= 15 is 0 Å². The lowest BCUT2D eigenvalue weighted by Gasteiger charge is -2.32. The zero-order valence-corrected chi connectivity index (χ0v) is 17.8. The fourth-order valence-corrected chi connectivity index (χ4v) is 4.79. The van der Waals surface area contributed by atoms with Gasteiger partial charge >= 0.3 is 0 Å². The predicted molar refractivity (Wildman–Crippen MR) is 120 cm³/mol. The summed E-state index contributed by atoms with van der Waals surface area (Å²) in [5.74, 6) is 1.03. The van der Waals surface area contributed by atoms with Crippen molar-refractivity contribution < 1.29 is 4.74 Å². The first-order valence-corrected chi connectivity index (χ1v) is 10.9. The topological polar surface area (TPSA) is 56.3 Å². The Hall–Kier alpha value is -2.63. The molecule has 0 aliphatic carbocycles. The highest BCUT2D eigenvalue weighted by molar-refractivity contribution is 5.65. The van der Waals surface area contributed by atoms with E-state index in [9.17, 15) is 0 Å². The Morgan fingerprint density at radius 2 is 1.73 bits per heavy atom. The van der Waals surface area contributed by atoms with Crippen LogP contribution in [0.25, 0.3) is 11.3 Å². The van der Waals surface area contributed by atoms with Gasteiger partial charge in [0.1, 0.15) is 11.9 Å². The minimum Gasteiger partial charge on any atom is -0.399 e. The normalized spacial score (nSPS) is 19.9. The van der Waals surface area contributed by atoms with Gasteiger partial charge in [-0.05, 0) is 56.5 Å². The molecular formula is C25H30N4O. The number of ether oxygens (including phenoxy) is 1. The first kappa shape index (κ1) is 19.3. The van der Waals surface area contributed by atoms with Crippen LogP contribution in [0.2, 0.25) is 0 Å². The number of imidazole rings is 1. The second kappa shape index (κ2) is 7.89. The SMILES string of the molecule is Cc1c(-c2ccc(N)cc2)nc2n1CCc1ccccc1C2OC1CCN(C)CC1. The number of nitrogens with two attached hydrogens (primary N) is 1. The van der Waals surface area contributed by atoms with Crippen LogP contribution in [0.5, 0.6) is 0 Å². The van der Waals surface area contributed by atoms with Gasteiger partial charge in [0.15, 0.2) is 0 Å². The summed E-state index contributed by atoms with van der Waals surface area (Å²) >= 11 is 0. The van der Waals surface area contributed by atoms with Gasteiger partial charge in [-0.2, -0.15) is 0 Å². The van der Waals surface area contributed by atoms with Crippen molar-refractivity contribution in [2.45, 2.75) is 44.9 Å². The Kier molecular flexibility index (Phi) is 5.09. The maximum atomic E-state index is 6.81. The van der Waals surface area contributed by atoms with Gasteiger partial charge in [-0.1, -0.05) is 36.4 Å². The Balaban J connectivity index is 1.57. The fourth-order valence-electron chi connectivity index (χ4n) is 4.79. The molecule has 5 heteroatoms. The standard InChI is InChI=1S/C25H30N4O/c1-17-23(19-7-9-20(26)10-8-19)27-25-24(30-21-12-14-28(2)15-13-21)22-6-4-3-5-18(22)11-16-29(17)25/h3-10,21,24H,11-16,26H2,1-2H3. The zero-order chi connectivity index (χ0) is 20.7. The van der Waals surface area contributed by atoms with E-state index in [-0.39, 0.29) is 12.2 Å². The maximum absolute atomic E-state index is 6.81. The number of aromatic nitrogens is 2. The Bertz CT molecular complexity index is 1030. The van der Waals surface area contributed by atoms with Crippen molar-refractivity contribution >= 4 is 5.69 Å². The molecule has 2 aromatic carbocycles. The summed E-state index contributed by atoms with van der Waals surface area (Å²) in [6, 6.07) is 16.7. The minimum atomic E-state index is -0.127. The van der Waals surface area contributed by atoms with Crippen LogP contribution >= 0.6 is 0 Å². The molecule has 3 aromatic rings. The molecule has 1 unspecified atom stereocenters. The van der Waals surface area contributed by atoms with E-state index in [4.69, 9.17) is 15.5 Å². The van der Waals surface area contributed by atoms with Crippen molar-refractivity contribution in [3.8, 4) is 11.3 Å². The van der Waals surface area contributed by atoms with Gasteiger partial charge in [-0.15, -0.1) is 0 Å². The van der Waals surface area contributed by atoms with Crippen molar-refractivity contribution in [1.82, 2.24) is 14.5 Å². The quantitative estimate of drug-likeness (QED) is 0.667. The third-order valence-electron chi connectivity index (χ3n) is 6.61. The summed E-state index contributed by atoms with van der Waals surface area (Å²) in [5, 5.41) is 0. The van der Waals surface area contributed by atoms with Gasteiger partial charge in [-0.3, -0.25) is 0 Å². The second-order valence-electron chi connectivity index (χ2n) is 8.65. The van der Waals surface area contributed by atoms with Crippen LogP contribution in [-0.2, 0) is 17.7 Å². The molecule has 0 bridgehead atoms. The van der Waals surface area contributed by atoms with Crippen LogP contribution in [0.3, 0.4) is 0 Å². The molecule has 1 atom stereocenters. The molecule has 0 radical (unpaired) electrons. The van der Waals surface area contributed by atoms with Crippen LogP contribution in [0.15, 0.2) is 48.5 Å². The van der Waals surface area contributed by atoms with Crippen LogP contribution in [0.4, 0.5) is 5.69 Å². The summed E-state index contributed by atoms with van der Waals surface area (Å²) in [6.45, 7) is 5.27. The number of hydrogen-bond donors (Lipinski definition) is 1. The summed E-state index contributed by atoms with van der Waals surface area (Å²) in [5.41, 5.74) is 12.6. The highest BCUT2D eigenvalue weighted by Crippen LogP contribution is 2.37. The highest BCUT2D eigenvalue weighted by atomic mass is 16.5. The number of benzene rings is 2. The van der Waals surface area contributed by atoms with E-state index in [0.717, 1.165) is 61.7 Å². The van der Waals surface area contributed by atoms with Crippen LogP contribution in [-0.4, -0.2) is 40.7 Å². The third-order valence-corrected chi connectivity index (χ3v) is 6.61. The Labute approximate surface area is 178 Å². The molecular weight excluding hydrogens is 372 g/mol. The largest absolute Gasteiger partial charge is 0.399 e. The lowest BCUT2D eigenvalue weighted by atomic mass is 10.00. The van der Waals surface area contributed by atoms with Gasteiger partial charge in [0.25, 0.3) is 0 Å². The van der Waals surface area contributed by atoms with Crippen molar-refractivity contribution in [2.75, 3.05) is 25.9 Å². The number of aryl methyl sites for hydroxylation is 1. The predicted octanol–water partition coefficient (Wildman–Crippen LogP) is 4.20. The Morgan fingerprint density at radius 1 is 1.00 bits per heavy atom. The molecule has 5 rings (SSSR count). The Morgan fingerprint density at radius 3 is 2.50 bits per heavy atom. The van der Waals surface area contributed by atoms with Gasteiger partial charge in [0.05, 0.1) is 11.8 Å². The average molecular weight is 403 g/mol. The van der Waals surface area contributed by atoms with E-state index < -0.39 is 0 Å². The molecule has 1 aromatic heterocycles. The molecule has 30 heavy (non-hydrogen) atoms. The number of nitrogens with zero attached hydrogens (tertiary/aromatic N) is 3. The van der Waals surface area contributed by atoms with Crippen LogP contribution in [0, 0.1) is 6.92 Å². The van der Waals surface area contributed by atoms with Crippen molar-refractivity contribution in [3.05, 3.63) is 71.2 Å². The van der Waals surface area contributed by atoms with E-state index in [1.165, 1.54) is 16.8 Å². The number of nitrogen functional groups attached to an aromatic ring is 1. The minimum absolute atomic E-state index is 0.127. The third kappa shape index (κ3) is 3.53. The molecule has 2 aliphatic rings. The summed E-state index contributed by atoms with van der Waals surface area (Å²) < 4.78 is 9.17. The second-order valence-corrected chi connectivity index (χ2v) is 8.65. The summed E-state index contributed by atoms with van der Waals surface area (Å²) in [7, 11) is 2.19. The van der Waals surface area contributed by atoms with E-state index in [1.807, 2.05) is 12.1 Å². The van der Waals surface area contributed by atoms with Crippen molar-refractivity contribution in [2.24, 2.45) is 0 Å². The molecule has 0 saturated carbocycles. The van der Waals surface area contributed by atoms with Crippen molar-refractivity contribution in [3.63, 3.8) is 0 Å². The maximum Gasteiger partial charge on any atom is 0.143 e. The van der Waals surface area contributed by atoms with Gasteiger partial charge in [0, 0.05) is 36.6 Å². The average Bonchev–Trinajstić information content (AvgIpc) is 3.00. The lowest BCUT2D eigenvalue weighted by molar-refractivity contribution is -0.0276. The molecule has 3 heterocycles.